The lowest BCUT2D eigenvalue weighted by atomic mass is 10.1. The molecule has 0 aliphatic carbocycles. The van der Waals surface area contributed by atoms with Crippen LogP contribution in [0.5, 0.6) is 5.75 Å². The van der Waals surface area contributed by atoms with Crippen LogP contribution in [0.3, 0.4) is 0 Å². The molecular formula is C13H14OS3. The number of benzene rings is 2. The molecule has 2 aromatic carbocycles. The van der Waals surface area contributed by atoms with E-state index in [9.17, 15) is 5.11 Å². The summed E-state index contributed by atoms with van der Waals surface area (Å²) in [6, 6.07) is 8.04. The van der Waals surface area contributed by atoms with E-state index in [4.69, 9.17) is 0 Å². The maximum Gasteiger partial charge on any atom is 0.129 e. The van der Waals surface area contributed by atoms with Gasteiger partial charge in [0, 0.05) is 15.2 Å². The van der Waals surface area contributed by atoms with Crippen molar-refractivity contribution in [1.82, 2.24) is 0 Å². The van der Waals surface area contributed by atoms with E-state index in [1.807, 2.05) is 12.3 Å². The van der Waals surface area contributed by atoms with Gasteiger partial charge in [-0.1, -0.05) is 6.07 Å². The van der Waals surface area contributed by atoms with Crippen molar-refractivity contribution in [3.8, 4) is 5.75 Å². The number of hydrogen-bond donors (Lipinski definition) is 1. The summed E-state index contributed by atoms with van der Waals surface area (Å²) in [5, 5.41) is 12.2. The molecule has 0 aliphatic rings. The summed E-state index contributed by atoms with van der Waals surface area (Å²) in [5.74, 6) is 0.369. The van der Waals surface area contributed by atoms with Crippen LogP contribution in [0, 0.1) is 0 Å². The molecule has 0 amide bonds. The summed E-state index contributed by atoms with van der Waals surface area (Å²) >= 11 is 5.12. The van der Waals surface area contributed by atoms with Gasteiger partial charge in [0.1, 0.15) is 5.75 Å². The van der Waals surface area contributed by atoms with E-state index in [2.05, 4.69) is 24.6 Å². The van der Waals surface area contributed by atoms with E-state index in [1.165, 1.54) is 15.2 Å². The minimum atomic E-state index is 0.369. The van der Waals surface area contributed by atoms with Crippen LogP contribution in [-0.4, -0.2) is 23.9 Å². The van der Waals surface area contributed by atoms with Gasteiger partial charge in [0.15, 0.2) is 0 Å². The summed E-state index contributed by atoms with van der Waals surface area (Å²) in [7, 11) is 0. The summed E-state index contributed by atoms with van der Waals surface area (Å²) in [4.78, 5) is 3.55. The Morgan fingerprint density at radius 1 is 0.765 bits per heavy atom. The first-order valence-electron chi connectivity index (χ1n) is 5.13. The van der Waals surface area contributed by atoms with Crippen LogP contribution in [0.25, 0.3) is 10.8 Å². The third-order valence-corrected chi connectivity index (χ3v) is 5.27. The predicted octanol–water partition coefficient (Wildman–Crippen LogP) is 4.71. The zero-order valence-corrected chi connectivity index (χ0v) is 12.4. The quantitative estimate of drug-likeness (QED) is 0.822. The molecule has 17 heavy (non-hydrogen) atoms. The van der Waals surface area contributed by atoms with Gasteiger partial charge in [-0.25, -0.2) is 0 Å². The Bertz CT molecular complexity index is 552. The highest BCUT2D eigenvalue weighted by molar-refractivity contribution is 8.01. The first kappa shape index (κ1) is 13.0. The number of phenolic OH excluding ortho intramolecular Hbond substituents is 1. The molecule has 0 saturated heterocycles. The normalized spacial score (nSPS) is 11.0. The first-order valence-corrected chi connectivity index (χ1v) is 8.81. The van der Waals surface area contributed by atoms with Crippen molar-refractivity contribution in [3.05, 3.63) is 24.3 Å². The Morgan fingerprint density at radius 2 is 1.35 bits per heavy atom. The predicted molar refractivity (Wildman–Crippen MR) is 81.0 cm³/mol. The van der Waals surface area contributed by atoms with Crippen molar-refractivity contribution < 1.29 is 5.11 Å². The average molecular weight is 282 g/mol. The van der Waals surface area contributed by atoms with Crippen molar-refractivity contribution in [2.24, 2.45) is 0 Å². The zero-order valence-electron chi connectivity index (χ0n) is 9.98. The third-order valence-electron chi connectivity index (χ3n) is 2.67. The van der Waals surface area contributed by atoms with Crippen LogP contribution in [0.2, 0.25) is 0 Å². The fourth-order valence-corrected chi connectivity index (χ4v) is 4.25. The summed E-state index contributed by atoms with van der Waals surface area (Å²) < 4.78 is 0. The van der Waals surface area contributed by atoms with Crippen molar-refractivity contribution >= 4 is 46.1 Å². The SMILES string of the molecule is CSc1ccc2c(SC)c(O)ccc2c1SC. The van der Waals surface area contributed by atoms with E-state index in [0.29, 0.717) is 5.75 Å². The molecule has 2 aromatic rings. The third kappa shape index (κ3) is 2.26. The van der Waals surface area contributed by atoms with Crippen LogP contribution in [0.4, 0.5) is 0 Å². The maximum absolute atomic E-state index is 9.87. The second kappa shape index (κ2) is 5.46. The molecule has 2 rings (SSSR count). The van der Waals surface area contributed by atoms with E-state index in [1.54, 1.807) is 41.4 Å². The molecule has 90 valence electrons. The molecule has 0 radical (unpaired) electrons. The summed E-state index contributed by atoms with van der Waals surface area (Å²) in [6.45, 7) is 0. The van der Waals surface area contributed by atoms with Crippen LogP contribution in [0.15, 0.2) is 39.0 Å². The van der Waals surface area contributed by atoms with Gasteiger partial charge in [-0.05, 0) is 42.4 Å². The van der Waals surface area contributed by atoms with Gasteiger partial charge >= 0.3 is 0 Å². The van der Waals surface area contributed by atoms with Gasteiger partial charge in [-0.15, -0.1) is 35.3 Å². The lowest BCUT2D eigenvalue weighted by Gasteiger charge is -2.12. The van der Waals surface area contributed by atoms with Gasteiger partial charge in [0.05, 0.1) is 4.90 Å². The van der Waals surface area contributed by atoms with Gasteiger partial charge in [0.2, 0.25) is 0 Å². The molecule has 0 atom stereocenters. The fraction of sp³-hybridized carbons (Fsp3) is 0.231. The van der Waals surface area contributed by atoms with Crippen LogP contribution in [0.1, 0.15) is 0 Å². The van der Waals surface area contributed by atoms with Crippen LogP contribution >= 0.6 is 35.3 Å². The molecule has 0 saturated carbocycles. The highest BCUT2D eigenvalue weighted by Gasteiger charge is 2.11. The monoisotopic (exact) mass is 282 g/mol. The van der Waals surface area contributed by atoms with E-state index < -0.39 is 0 Å². The van der Waals surface area contributed by atoms with E-state index in [0.717, 1.165) is 10.3 Å². The zero-order chi connectivity index (χ0) is 12.4. The van der Waals surface area contributed by atoms with Crippen LogP contribution < -0.4 is 0 Å². The van der Waals surface area contributed by atoms with Crippen molar-refractivity contribution in [1.29, 1.82) is 0 Å². The topological polar surface area (TPSA) is 20.2 Å². The number of aromatic hydroxyl groups is 1. The molecule has 0 aliphatic heterocycles. The molecule has 4 heteroatoms. The van der Waals surface area contributed by atoms with E-state index in [-0.39, 0.29) is 0 Å². The number of phenols is 1. The number of rotatable bonds is 3. The number of thioether (sulfide) groups is 3. The Kier molecular flexibility index (Phi) is 4.17. The number of hydrogen-bond acceptors (Lipinski definition) is 4. The highest BCUT2D eigenvalue weighted by Crippen LogP contribution is 2.41. The Labute approximate surface area is 114 Å². The number of fused-ring (bicyclic) bond motifs is 1. The smallest absolute Gasteiger partial charge is 0.129 e. The Morgan fingerprint density at radius 3 is 1.94 bits per heavy atom. The van der Waals surface area contributed by atoms with Crippen molar-refractivity contribution in [3.63, 3.8) is 0 Å². The van der Waals surface area contributed by atoms with Crippen LogP contribution in [-0.2, 0) is 0 Å². The van der Waals surface area contributed by atoms with Crippen molar-refractivity contribution in [2.45, 2.75) is 14.7 Å². The second-order valence-electron chi connectivity index (χ2n) is 3.51. The van der Waals surface area contributed by atoms with Gasteiger partial charge < -0.3 is 5.11 Å². The molecule has 1 nitrogen and oxygen atoms in total. The lowest BCUT2D eigenvalue weighted by molar-refractivity contribution is 0.464. The largest absolute Gasteiger partial charge is 0.507 e. The molecule has 0 bridgehead atoms. The minimum absolute atomic E-state index is 0.369. The Hall–Kier alpha value is -0.450. The standard InChI is InChI=1S/C13H14OS3/c1-15-11-7-5-8-9(13(11)17-3)4-6-10(14)12(8)16-2/h4-7,14H,1-3H3. The summed E-state index contributed by atoms with van der Waals surface area (Å²) in [6.07, 6.45) is 6.19. The van der Waals surface area contributed by atoms with Gasteiger partial charge in [-0.3, -0.25) is 0 Å². The molecule has 0 unspecified atom stereocenters. The summed E-state index contributed by atoms with van der Waals surface area (Å²) in [5.41, 5.74) is 0. The lowest BCUT2D eigenvalue weighted by Crippen LogP contribution is -1.84. The molecular weight excluding hydrogens is 268 g/mol. The average Bonchev–Trinajstić information content (AvgIpc) is 2.37. The van der Waals surface area contributed by atoms with E-state index >= 15 is 0 Å². The molecule has 0 aromatic heterocycles. The van der Waals surface area contributed by atoms with Gasteiger partial charge in [-0.2, -0.15) is 0 Å². The second-order valence-corrected chi connectivity index (χ2v) is 6.00. The molecule has 1 N–H and O–H groups in total. The molecule has 0 heterocycles. The molecule has 0 spiro atoms. The highest BCUT2D eigenvalue weighted by atomic mass is 32.2. The molecule has 0 fully saturated rings. The van der Waals surface area contributed by atoms with Gasteiger partial charge in [0.25, 0.3) is 0 Å². The maximum atomic E-state index is 9.87. The Balaban J connectivity index is 2.83. The van der Waals surface area contributed by atoms with Crippen molar-refractivity contribution in [2.75, 3.05) is 18.8 Å². The first-order chi connectivity index (χ1) is 8.22. The minimum Gasteiger partial charge on any atom is -0.507 e. The fourth-order valence-electron chi connectivity index (χ4n) is 1.90.